The smallest absolute Gasteiger partial charge is 0.342 e. The van der Waals surface area contributed by atoms with Gasteiger partial charge in [-0.3, -0.25) is 0 Å². The van der Waals surface area contributed by atoms with Crippen molar-refractivity contribution in [2.24, 2.45) is 0 Å². The first-order chi connectivity index (χ1) is 6.61. The molecule has 0 saturated heterocycles. The molecule has 0 aliphatic heterocycles. The molecule has 0 aliphatic rings. The van der Waals surface area contributed by atoms with Gasteiger partial charge in [-0.15, -0.1) is 0 Å². The van der Waals surface area contributed by atoms with E-state index in [9.17, 15) is 4.79 Å². The zero-order valence-corrected chi connectivity index (χ0v) is 10.4. The Morgan fingerprint density at radius 3 is 2.71 bits per heavy atom. The molecule has 0 bridgehead atoms. The Bertz CT molecular complexity index is 406. The maximum Gasteiger partial charge on any atom is 0.342 e. The lowest BCUT2D eigenvalue weighted by molar-refractivity contribution is 0.0524. The van der Waals surface area contributed by atoms with Gasteiger partial charge in [0.05, 0.1) is 15.7 Å². The van der Waals surface area contributed by atoms with Crippen molar-refractivity contribution in [2.75, 3.05) is 6.61 Å². The Kier molecular flexibility index (Phi) is 3.72. The van der Waals surface area contributed by atoms with Crippen LogP contribution in [0.3, 0.4) is 0 Å². The van der Waals surface area contributed by atoms with Crippen molar-refractivity contribution >= 4 is 37.8 Å². The molecule has 1 N–H and O–H groups in total. The normalized spacial score (nSPS) is 9.57. The van der Waals surface area contributed by atoms with Crippen molar-refractivity contribution < 1.29 is 9.53 Å². The molecular weight excluding hydrogens is 316 g/mol. The van der Waals surface area contributed by atoms with Gasteiger partial charge >= 0.3 is 5.97 Å². The summed E-state index contributed by atoms with van der Waals surface area (Å²) in [5.74, 6) is -0.469. The Morgan fingerprint density at radius 2 is 2.29 bits per heavy atom. The second-order valence-corrected chi connectivity index (χ2v) is 3.92. The molecule has 0 aromatic carbocycles. The van der Waals surface area contributed by atoms with E-state index in [0.717, 1.165) is 0 Å². The van der Waals surface area contributed by atoms with Gasteiger partial charge in [0.25, 0.3) is 0 Å². The summed E-state index contributed by atoms with van der Waals surface area (Å²) in [6.07, 6.45) is 0. The molecule has 0 saturated carbocycles. The predicted octanol–water partition coefficient (Wildman–Crippen LogP) is 2.59. The number of carbonyl (C=O) groups excluding carboxylic acids is 1. The van der Waals surface area contributed by atoms with Crippen LogP contribution in [0, 0.1) is 11.3 Å². The standard InChI is InChI=1S/C8H6Br2N2O2/c1-2-14-8(13)5-6(9)4(3-11)12-7(5)10/h12H,2H2,1H3. The SMILES string of the molecule is CCOC(=O)c1c(Br)[nH]c(C#N)c1Br. The van der Waals surface area contributed by atoms with Crippen molar-refractivity contribution in [3.05, 3.63) is 20.3 Å². The van der Waals surface area contributed by atoms with E-state index in [4.69, 9.17) is 10.00 Å². The lowest BCUT2D eigenvalue weighted by Gasteiger charge is -1.99. The van der Waals surface area contributed by atoms with Crippen molar-refractivity contribution in [2.45, 2.75) is 6.92 Å². The average molecular weight is 322 g/mol. The summed E-state index contributed by atoms with van der Waals surface area (Å²) in [5, 5.41) is 8.68. The van der Waals surface area contributed by atoms with Gasteiger partial charge in [0.15, 0.2) is 0 Å². The minimum absolute atomic E-state index is 0.292. The number of hydrogen-bond donors (Lipinski definition) is 1. The van der Waals surface area contributed by atoms with Crippen LogP contribution in [0.4, 0.5) is 0 Å². The van der Waals surface area contributed by atoms with E-state index in [2.05, 4.69) is 36.8 Å². The first kappa shape index (κ1) is 11.3. The molecule has 1 rings (SSSR count). The number of ether oxygens (including phenoxy) is 1. The topological polar surface area (TPSA) is 65.9 Å². The van der Waals surface area contributed by atoms with Gasteiger partial charge < -0.3 is 9.72 Å². The lowest BCUT2D eigenvalue weighted by atomic mass is 10.3. The number of aromatic amines is 1. The van der Waals surface area contributed by atoms with Crippen LogP contribution in [0.25, 0.3) is 0 Å². The Labute approximate surface area is 97.5 Å². The molecule has 0 unspecified atom stereocenters. The van der Waals surface area contributed by atoms with E-state index in [1.165, 1.54) is 0 Å². The van der Waals surface area contributed by atoms with Crippen LogP contribution in [0.1, 0.15) is 23.0 Å². The summed E-state index contributed by atoms with van der Waals surface area (Å²) in [6, 6.07) is 1.91. The van der Waals surface area contributed by atoms with Crippen molar-refractivity contribution in [1.29, 1.82) is 5.26 Å². The van der Waals surface area contributed by atoms with E-state index < -0.39 is 5.97 Å². The van der Waals surface area contributed by atoms with Crippen LogP contribution in [-0.2, 0) is 4.74 Å². The fourth-order valence-corrected chi connectivity index (χ4v) is 2.28. The van der Waals surface area contributed by atoms with E-state index >= 15 is 0 Å². The maximum absolute atomic E-state index is 11.4. The quantitative estimate of drug-likeness (QED) is 0.851. The first-order valence-electron chi connectivity index (χ1n) is 3.76. The van der Waals surface area contributed by atoms with Gasteiger partial charge in [0.1, 0.15) is 17.3 Å². The van der Waals surface area contributed by atoms with E-state index in [-0.39, 0.29) is 0 Å². The highest BCUT2D eigenvalue weighted by Crippen LogP contribution is 2.29. The van der Waals surface area contributed by atoms with Crippen molar-refractivity contribution in [3.63, 3.8) is 0 Å². The van der Waals surface area contributed by atoms with Gasteiger partial charge in [-0.05, 0) is 38.8 Å². The highest BCUT2D eigenvalue weighted by Gasteiger charge is 2.21. The second kappa shape index (κ2) is 4.62. The molecule has 0 radical (unpaired) electrons. The largest absolute Gasteiger partial charge is 0.462 e. The summed E-state index contributed by atoms with van der Waals surface area (Å²) in [7, 11) is 0. The summed E-state index contributed by atoms with van der Waals surface area (Å²) < 4.78 is 5.68. The number of H-pyrrole nitrogens is 1. The van der Waals surface area contributed by atoms with Crippen LogP contribution in [-0.4, -0.2) is 17.6 Å². The third kappa shape index (κ3) is 1.99. The number of hydrogen-bond acceptors (Lipinski definition) is 3. The molecule has 74 valence electrons. The summed E-state index contributed by atoms with van der Waals surface area (Å²) >= 11 is 6.29. The van der Waals surface area contributed by atoms with Gasteiger partial charge in [0, 0.05) is 0 Å². The summed E-state index contributed by atoms with van der Waals surface area (Å²) in [6.45, 7) is 2.02. The molecular formula is C8H6Br2N2O2. The fourth-order valence-electron chi connectivity index (χ4n) is 0.908. The van der Waals surface area contributed by atoms with E-state index in [1.54, 1.807) is 6.92 Å². The molecule has 0 fully saturated rings. The zero-order chi connectivity index (χ0) is 10.7. The molecule has 0 amide bonds. The number of halogens is 2. The van der Waals surface area contributed by atoms with E-state index in [0.29, 0.717) is 26.9 Å². The monoisotopic (exact) mass is 320 g/mol. The van der Waals surface area contributed by atoms with Crippen molar-refractivity contribution in [1.82, 2.24) is 4.98 Å². The molecule has 1 heterocycles. The van der Waals surface area contributed by atoms with Crippen LogP contribution in [0.2, 0.25) is 0 Å². The third-order valence-corrected chi connectivity index (χ3v) is 2.87. The minimum Gasteiger partial charge on any atom is -0.462 e. The van der Waals surface area contributed by atoms with Gasteiger partial charge in [-0.25, -0.2) is 4.79 Å². The van der Waals surface area contributed by atoms with Crippen LogP contribution in [0.15, 0.2) is 9.08 Å². The molecule has 1 aromatic heterocycles. The highest BCUT2D eigenvalue weighted by molar-refractivity contribution is 9.11. The lowest BCUT2D eigenvalue weighted by Crippen LogP contribution is -2.04. The molecule has 0 spiro atoms. The van der Waals surface area contributed by atoms with Gasteiger partial charge in [-0.1, -0.05) is 0 Å². The zero-order valence-electron chi connectivity index (χ0n) is 7.23. The van der Waals surface area contributed by atoms with E-state index in [1.807, 2.05) is 6.07 Å². The van der Waals surface area contributed by atoms with Gasteiger partial charge in [-0.2, -0.15) is 5.26 Å². The maximum atomic E-state index is 11.4. The number of nitrogens with zero attached hydrogens (tertiary/aromatic N) is 1. The molecule has 0 aliphatic carbocycles. The highest BCUT2D eigenvalue weighted by atomic mass is 79.9. The molecule has 14 heavy (non-hydrogen) atoms. The Morgan fingerprint density at radius 1 is 1.64 bits per heavy atom. The molecule has 4 nitrogen and oxygen atoms in total. The fraction of sp³-hybridized carbons (Fsp3) is 0.250. The summed E-state index contributed by atoms with van der Waals surface area (Å²) in [4.78, 5) is 14.1. The van der Waals surface area contributed by atoms with Crippen LogP contribution >= 0.6 is 31.9 Å². The molecule has 6 heteroatoms. The Hall–Kier alpha value is -0.800. The number of aromatic nitrogens is 1. The van der Waals surface area contributed by atoms with Crippen molar-refractivity contribution in [3.8, 4) is 6.07 Å². The third-order valence-electron chi connectivity index (χ3n) is 1.48. The molecule has 0 atom stereocenters. The molecule has 1 aromatic rings. The van der Waals surface area contributed by atoms with Crippen LogP contribution in [0.5, 0.6) is 0 Å². The predicted molar refractivity (Wildman–Crippen MR) is 56.9 cm³/mol. The van der Waals surface area contributed by atoms with Gasteiger partial charge in [0.2, 0.25) is 0 Å². The average Bonchev–Trinajstić information content (AvgIpc) is 2.41. The number of rotatable bonds is 2. The number of nitrogens with one attached hydrogen (secondary N) is 1. The summed E-state index contributed by atoms with van der Waals surface area (Å²) in [5.41, 5.74) is 0.600. The number of carbonyl (C=O) groups is 1. The number of nitriles is 1. The first-order valence-corrected chi connectivity index (χ1v) is 5.34. The van der Waals surface area contributed by atoms with Crippen LogP contribution < -0.4 is 0 Å². The number of esters is 1. The second-order valence-electron chi connectivity index (χ2n) is 2.34. The minimum atomic E-state index is -0.469. The Balaban J connectivity index is 3.15.